The highest BCUT2D eigenvalue weighted by atomic mass is 19.4. The van der Waals surface area contributed by atoms with E-state index in [2.05, 4.69) is 9.98 Å². The maximum Gasteiger partial charge on any atom is 0.451 e. The number of halogens is 3. The summed E-state index contributed by atoms with van der Waals surface area (Å²) in [6, 6.07) is 0. The van der Waals surface area contributed by atoms with Crippen molar-refractivity contribution in [3.63, 3.8) is 0 Å². The van der Waals surface area contributed by atoms with Gasteiger partial charge in [0.25, 0.3) is 5.91 Å². The van der Waals surface area contributed by atoms with Crippen molar-refractivity contribution in [2.75, 3.05) is 0 Å². The van der Waals surface area contributed by atoms with Gasteiger partial charge in [0.2, 0.25) is 5.84 Å². The minimum absolute atomic E-state index is 0.348. The smallest absolute Gasteiger partial charge is 0.387 e. The quantitative estimate of drug-likeness (QED) is 0.578. The van der Waals surface area contributed by atoms with Gasteiger partial charge in [-0.3, -0.25) is 4.79 Å². The molecule has 7 heteroatoms. The first kappa shape index (κ1) is 8.69. The average molecular weight is 179 g/mol. The lowest BCUT2D eigenvalue weighted by Gasteiger charge is -2.09. The van der Waals surface area contributed by atoms with Gasteiger partial charge >= 0.3 is 6.18 Å². The molecule has 0 aromatic carbocycles. The third kappa shape index (κ3) is 1.80. The molecule has 66 valence electrons. The fourth-order valence-corrected chi connectivity index (χ4v) is 0.640. The SMILES string of the molecule is NC1=NC(C(F)(F)F)=NC(=O)C1. The summed E-state index contributed by atoms with van der Waals surface area (Å²) in [6.45, 7) is 0. The number of nitrogens with two attached hydrogens (primary N) is 1. The van der Waals surface area contributed by atoms with Gasteiger partial charge in [-0.25, -0.2) is 4.99 Å². The van der Waals surface area contributed by atoms with Gasteiger partial charge in [-0.2, -0.15) is 18.2 Å². The number of hydrogen-bond donors (Lipinski definition) is 1. The fraction of sp³-hybridized carbons (Fsp3) is 0.400. The lowest BCUT2D eigenvalue weighted by Crippen LogP contribution is -2.30. The maximum absolute atomic E-state index is 11.8. The van der Waals surface area contributed by atoms with Gasteiger partial charge in [0.15, 0.2) is 0 Å². The number of aliphatic imine (C=N–C) groups is 2. The standard InChI is InChI=1S/C5H4F3N3O/c6-5(7,8)4-10-2(9)1-3(12)11-4/h1H2,(H2,9,10,11,12). The van der Waals surface area contributed by atoms with Crippen LogP contribution in [-0.2, 0) is 4.79 Å². The van der Waals surface area contributed by atoms with Crippen molar-refractivity contribution < 1.29 is 18.0 Å². The van der Waals surface area contributed by atoms with Crippen molar-refractivity contribution in [3.05, 3.63) is 0 Å². The maximum atomic E-state index is 11.8. The van der Waals surface area contributed by atoms with Gasteiger partial charge in [0, 0.05) is 0 Å². The molecule has 0 saturated carbocycles. The molecule has 0 atom stereocenters. The molecule has 0 radical (unpaired) electrons. The first-order chi connectivity index (χ1) is 5.39. The van der Waals surface area contributed by atoms with Crippen LogP contribution in [0.3, 0.4) is 0 Å². The second-order valence-electron chi connectivity index (χ2n) is 2.11. The normalized spacial score (nSPS) is 18.8. The van der Waals surface area contributed by atoms with E-state index >= 15 is 0 Å². The summed E-state index contributed by atoms with van der Waals surface area (Å²) >= 11 is 0. The molecule has 0 unspecified atom stereocenters. The van der Waals surface area contributed by atoms with Crippen molar-refractivity contribution in [2.45, 2.75) is 12.6 Å². The summed E-state index contributed by atoms with van der Waals surface area (Å²) in [5.41, 5.74) is 4.96. The van der Waals surface area contributed by atoms with E-state index in [1.54, 1.807) is 0 Å². The Morgan fingerprint density at radius 2 is 1.92 bits per heavy atom. The predicted octanol–water partition coefficient (Wildman–Crippen LogP) is 0.235. The predicted molar refractivity (Wildman–Crippen MR) is 34.7 cm³/mol. The zero-order valence-corrected chi connectivity index (χ0v) is 5.72. The van der Waals surface area contributed by atoms with E-state index in [0.717, 1.165) is 0 Å². The molecule has 1 heterocycles. The van der Waals surface area contributed by atoms with Crippen LogP contribution in [0.15, 0.2) is 9.98 Å². The topological polar surface area (TPSA) is 67.8 Å². The van der Waals surface area contributed by atoms with E-state index in [0.29, 0.717) is 0 Å². The molecule has 1 amide bonds. The third-order valence-corrected chi connectivity index (χ3v) is 1.07. The van der Waals surface area contributed by atoms with Gasteiger partial charge < -0.3 is 5.73 Å². The summed E-state index contributed by atoms with van der Waals surface area (Å²) in [4.78, 5) is 16.1. The molecule has 4 nitrogen and oxygen atoms in total. The van der Waals surface area contributed by atoms with Gasteiger partial charge in [0.05, 0.1) is 6.42 Å². The summed E-state index contributed by atoms with van der Waals surface area (Å²) in [5, 5.41) is 0. The molecule has 12 heavy (non-hydrogen) atoms. The van der Waals surface area contributed by atoms with Crippen molar-refractivity contribution in [1.82, 2.24) is 0 Å². The van der Waals surface area contributed by atoms with E-state index in [4.69, 9.17) is 5.73 Å². The number of hydrogen-bond acceptors (Lipinski definition) is 3. The number of nitrogens with zero attached hydrogens (tertiary/aromatic N) is 2. The van der Waals surface area contributed by atoms with E-state index in [1.165, 1.54) is 0 Å². The van der Waals surface area contributed by atoms with Crippen molar-refractivity contribution in [2.24, 2.45) is 15.7 Å². The Bertz CT molecular complexity index is 278. The molecule has 0 spiro atoms. The highest BCUT2D eigenvalue weighted by Gasteiger charge is 2.38. The Morgan fingerprint density at radius 3 is 2.33 bits per heavy atom. The van der Waals surface area contributed by atoms with E-state index in [1.807, 2.05) is 0 Å². The largest absolute Gasteiger partial charge is 0.451 e. The second-order valence-corrected chi connectivity index (χ2v) is 2.11. The minimum Gasteiger partial charge on any atom is -0.387 e. The highest BCUT2D eigenvalue weighted by Crippen LogP contribution is 2.20. The van der Waals surface area contributed by atoms with Gasteiger partial charge in [-0.05, 0) is 0 Å². The molecule has 0 saturated heterocycles. The summed E-state index contributed by atoms with van der Waals surface area (Å²) < 4.78 is 35.5. The number of carbonyl (C=O) groups is 1. The van der Waals surface area contributed by atoms with Crippen molar-refractivity contribution >= 4 is 17.6 Å². The Hall–Kier alpha value is -1.40. The zero-order valence-electron chi connectivity index (χ0n) is 5.72. The molecule has 2 N–H and O–H groups in total. The van der Waals surface area contributed by atoms with E-state index < -0.39 is 17.9 Å². The van der Waals surface area contributed by atoms with Gasteiger partial charge in [-0.15, -0.1) is 0 Å². The lowest BCUT2D eigenvalue weighted by atomic mass is 10.3. The van der Waals surface area contributed by atoms with Crippen LogP contribution in [0.2, 0.25) is 0 Å². The highest BCUT2D eigenvalue weighted by molar-refractivity contribution is 6.14. The van der Waals surface area contributed by atoms with Gasteiger partial charge in [0.1, 0.15) is 5.84 Å². The fourth-order valence-electron chi connectivity index (χ4n) is 0.640. The van der Waals surface area contributed by atoms with E-state index in [9.17, 15) is 18.0 Å². The first-order valence-electron chi connectivity index (χ1n) is 2.91. The molecule has 0 aromatic rings. The number of alkyl halides is 3. The lowest BCUT2D eigenvalue weighted by molar-refractivity contribution is -0.117. The molecule has 0 bridgehead atoms. The third-order valence-electron chi connectivity index (χ3n) is 1.07. The van der Waals surface area contributed by atoms with Crippen LogP contribution in [-0.4, -0.2) is 23.8 Å². The molecular formula is C5H4F3N3O. The molecular weight excluding hydrogens is 175 g/mol. The Kier molecular flexibility index (Phi) is 1.87. The van der Waals surface area contributed by atoms with Crippen LogP contribution in [0.25, 0.3) is 0 Å². The second kappa shape index (κ2) is 2.58. The van der Waals surface area contributed by atoms with Crippen LogP contribution in [0.1, 0.15) is 6.42 Å². The molecule has 1 aliphatic rings. The minimum atomic E-state index is -4.71. The van der Waals surface area contributed by atoms with Gasteiger partial charge in [-0.1, -0.05) is 0 Å². The molecule has 0 fully saturated rings. The summed E-state index contributed by atoms with van der Waals surface area (Å²) in [6.07, 6.45) is -5.06. The number of rotatable bonds is 0. The first-order valence-corrected chi connectivity index (χ1v) is 2.91. The van der Waals surface area contributed by atoms with Crippen molar-refractivity contribution in [3.8, 4) is 0 Å². The van der Waals surface area contributed by atoms with Crippen LogP contribution in [0.4, 0.5) is 13.2 Å². The Labute approximate surface area is 65.0 Å². The molecule has 1 aliphatic heterocycles. The number of carbonyl (C=O) groups excluding carboxylic acids is 1. The molecule has 1 rings (SSSR count). The molecule has 0 aromatic heterocycles. The number of amides is 1. The van der Waals surface area contributed by atoms with Crippen LogP contribution in [0.5, 0.6) is 0 Å². The number of amidine groups is 2. The molecule has 0 aliphatic carbocycles. The zero-order chi connectivity index (χ0) is 9.35. The van der Waals surface area contributed by atoms with Crippen LogP contribution in [0, 0.1) is 0 Å². The summed E-state index contributed by atoms with van der Waals surface area (Å²) in [5.74, 6) is -2.76. The van der Waals surface area contributed by atoms with Crippen molar-refractivity contribution in [1.29, 1.82) is 0 Å². The monoisotopic (exact) mass is 179 g/mol. The summed E-state index contributed by atoms with van der Waals surface area (Å²) in [7, 11) is 0. The van der Waals surface area contributed by atoms with Crippen LogP contribution >= 0.6 is 0 Å². The Morgan fingerprint density at radius 1 is 1.33 bits per heavy atom. The van der Waals surface area contributed by atoms with Crippen LogP contribution < -0.4 is 5.73 Å². The Balaban J connectivity index is 2.99. The average Bonchev–Trinajstić information content (AvgIpc) is 1.82. The van der Waals surface area contributed by atoms with E-state index in [-0.39, 0.29) is 12.3 Å².